The van der Waals surface area contributed by atoms with Gasteiger partial charge in [-0.05, 0) is 24.6 Å². The molecule has 2 aromatic carbocycles. The van der Waals surface area contributed by atoms with E-state index < -0.39 is 85.7 Å². The molecule has 0 aromatic heterocycles. The van der Waals surface area contributed by atoms with Crippen LogP contribution in [0.3, 0.4) is 0 Å². The van der Waals surface area contributed by atoms with Crippen molar-refractivity contribution in [2.24, 2.45) is 0 Å². The first kappa shape index (κ1) is 29.4. The van der Waals surface area contributed by atoms with Crippen molar-refractivity contribution in [1.29, 1.82) is 0 Å². The fraction of sp³-hybridized carbons (Fsp3) is 0.519. The summed E-state index contributed by atoms with van der Waals surface area (Å²) >= 11 is 0. The number of phenols is 2. The van der Waals surface area contributed by atoms with Gasteiger partial charge in [0, 0.05) is 12.1 Å². The monoisotopic (exact) mass is 580 g/mol. The molecule has 0 aliphatic carbocycles. The Bertz CT molecular complexity index is 1240. The minimum atomic E-state index is -1.76. The van der Waals surface area contributed by atoms with Crippen LogP contribution in [0.5, 0.6) is 23.0 Å². The van der Waals surface area contributed by atoms with E-state index in [0.29, 0.717) is 5.56 Å². The third-order valence-electron chi connectivity index (χ3n) is 7.39. The number of rotatable bonds is 6. The van der Waals surface area contributed by atoms with Crippen molar-refractivity contribution in [3.05, 3.63) is 47.5 Å². The van der Waals surface area contributed by atoms with Crippen LogP contribution >= 0.6 is 0 Å². The van der Waals surface area contributed by atoms with Gasteiger partial charge < -0.3 is 64.5 Å². The number of Topliss-reactive ketones (excluding diaryl/α,β-unsaturated/α-hetero) is 1. The van der Waals surface area contributed by atoms with Crippen LogP contribution < -0.4 is 9.47 Å². The fourth-order valence-electron chi connectivity index (χ4n) is 4.98. The van der Waals surface area contributed by atoms with Crippen molar-refractivity contribution >= 4 is 5.78 Å². The molecule has 3 heterocycles. The second-order valence-electron chi connectivity index (χ2n) is 10.3. The number of benzene rings is 2. The lowest BCUT2D eigenvalue weighted by Gasteiger charge is -2.42. The Morgan fingerprint density at radius 1 is 0.829 bits per heavy atom. The summed E-state index contributed by atoms with van der Waals surface area (Å²) in [5, 5.41) is 81.5. The first-order valence-electron chi connectivity index (χ1n) is 13.0. The van der Waals surface area contributed by atoms with Crippen LogP contribution in [0.4, 0.5) is 0 Å². The zero-order chi connectivity index (χ0) is 29.6. The van der Waals surface area contributed by atoms with Crippen molar-refractivity contribution < 1.29 is 69.3 Å². The Kier molecular flexibility index (Phi) is 8.39. The van der Waals surface area contributed by atoms with Gasteiger partial charge >= 0.3 is 0 Å². The summed E-state index contributed by atoms with van der Waals surface area (Å²) in [4.78, 5) is 12.8. The summed E-state index contributed by atoms with van der Waals surface area (Å²) in [5.74, 6) is -0.893. The first-order chi connectivity index (χ1) is 19.4. The third-order valence-corrected chi connectivity index (χ3v) is 7.39. The van der Waals surface area contributed by atoms with E-state index >= 15 is 0 Å². The molecule has 224 valence electrons. The average molecular weight is 581 g/mol. The van der Waals surface area contributed by atoms with E-state index in [4.69, 9.17) is 23.7 Å². The molecular formula is C27H32O14. The van der Waals surface area contributed by atoms with Crippen LogP contribution in [0, 0.1) is 0 Å². The molecule has 3 aliphatic rings. The highest BCUT2D eigenvalue weighted by Gasteiger charge is 2.47. The van der Waals surface area contributed by atoms with Gasteiger partial charge in [-0.25, -0.2) is 0 Å². The summed E-state index contributed by atoms with van der Waals surface area (Å²) in [5.41, 5.74) is 0.550. The van der Waals surface area contributed by atoms with E-state index in [1.807, 2.05) is 0 Å². The van der Waals surface area contributed by atoms with E-state index in [1.165, 1.54) is 25.1 Å². The number of aromatic hydroxyl groups is 2. The summed E-state index contributed by atoms with van der Waals surface area (Å²) in [6.07, 6.45) is -15.6. The maximum atomic E-state index is 12.8. The maximum absolute atomic E-state index is 12.8. The molecule has 41 heavy (non-hydrogen) atoms. The van der Waals surface area contributed by atoms with Gasteiger partial charge in [0.25, 0.3) is 0 Å². The van der Waals surface area contributed by atoms with Gasteiger partial charge in [0.2, 0.25) is 6.29 Å². The van der Waals surface area contributed by atoms with Crippen molar-refractivity contribution in [2.45, 2.75) is 80.9 Å². The van der Waals surface area contributed by atoms with Crippen molar-refractivity contribution in [2.75, 3.05) is 6.61 Å². The maximum Gasteiger partial charge on any atom is 0.229 e. The molecule has 2 saturated heterocycles. The van der Waals surface area contributed by atoms with Gasteiger partial charge in [0.05, 0.1) is 19.1 Å². The molecule has 0 amide bonds. The molecule has 0 unspecified atom stereocenters. The number of carbonyl (C=O) groups excluding carboxylic acids is 1. The molecule has 0 spiro atoms. The highest BCUT2D eigenvalue weighted by atomic mass is 16.7. The van der Waals surface area contributed by atoms with Crippen molar-refractivity contribution in [1.82, 2.24) is 0 Å². The first-order valence-corrected chi connectivity index (χ1v) is 13.0. The van der Waals surface area contributed by atoms with Gasteiger partial charge in [-0.1, -0.05) is 12.1 Å². The molecule has 8 N–H and O–H groups in total. The zero-order valence-corrected chi connectivity index (χ0v) is 21.8. The summed E-state index contributed by atoms with van der Waals surface area (Å²) in [7, 11) is 0. The highest BCUT2D eigenvalue weighted by molar-refractivity contribution is 6.02. The zero-order valence-electron chi connectivity index (χ0n) is 21.8. The molecule has 2 aromatic rings. The second kappa shape index (κ2) is 11.7. The Morgan fingerprint density at radius 3 is 2.20 bits per heavy atom. The lowest BCUT2D eigenvalue weighted by molar-refractivity contribution is -0.318. The number of fused-ring (bicyclic) bond motifs is 1. The number of aliphatic hydroxyl groups is 6. The molecule has 0 bridgehead atoms. The van der Waals surface area contributed by atoms with Crippen LogP contribution in [0.1, 0.15) is 35.4 Å². The van der Waals surface area contributed by atoms with Gasteiger partial charge in [-0.15, -0.1) is 0 Å². The predicted octanol–water partition coefficient (Wildman–Crippen LogP) is -1.17. The van der Waals surface area contributed by atoms with Crippen molar-refractivity contribution in [3.8, 4) is 23.0 Å². The topological polar surface area (TPSA) is 225 Å². The normalized spacial score (nSPS) is 37.2. The molecule has 14 nitrogen and oxygen atoms in total. The van der Waals surface area contributed by atoms with E-state index in [1.54, 1.807) is 12.1 Å². The molecule has 0 radical (unpaired) electrons. The Hall–Kier alpha value is -3.05. The molecule has 2 fully saturated rings. The Morgan fingerprint density at radius 2 is 1.49 bits per heavy atom. The fourth-order valence-corrected chi connectivity index (χ4v) is 4.98. The standard InChI is InChI=1S/C27H32O14/c1-10-20(31)22(33)24(35)26(38-10)37-9-18-21(32)23(34)25(36)27(41-18)39-13-6-14(29)19-15(30)8-16(40-17(19)7-13)11-2-4-12(28)5-3-11/h2-7,10,16,18,20-29,31-36H,8-9H2,1H3/t10-,16-,18+,20+,21+,22+,23-,24+,25+,26+,27+/m0/s1. The smallest absolute Gasteiger partial charge is 0.229 e. The average Bonchev–Trinajstić information content (AvgIpc) is 2.94. The van der Waals surface area contributed by atoms with Gasteiger partial charge in [-0.2, -0.15) is 0 Å². The van der Waals surface area contributed by atoms with E-state index in [9.17, 15) is 45.6 Å². The quantitative estimate of drug-likeness (QED) is 0.202. The third kappa shape index (κ3) is 5.83. The van der Waals surface area contributed by atoms with Crippen molar-refractivity contribution in [3.63, 3.8) is 0 Å². The van der Waals surface area contributed by atoms with Crippen LogP contribution in [0.2, 0.25) is 0 Å². The number of ether oxygens (including phenoxy) is 5. The summed E-state index contributed by atoms with van der Waals surface area (Å²) in [6.45, 7) is 0.980. The SMILES string of the molecule is C[C@@H]1O[C@@H](OC[C@H]2O[C@@H](Oc3cc(O)c4c(c3)O[C@H](c3ccc(O)cc3)CC4=O)[C@H](O)[C@@H](O)[C@@H]2O)[C@H](O)[C@H](O)[C@@H]1O. The molecule has 0 saturated carbocycles. The lowest BCUT2D eigenvalue weighted by Crippen LogP contribution is -2.61. The molecular weight excluding hydrogens is 548 g/mol. The number of phenolic OH excluding ortho intramolecular Hbond substituents is 2. The molecule has 5 rings (SSSR count). The van der Waals surface area contributed by atoms with Crippen LogP contribution in [0.15, 0.2) is 36.4 Å². The number of hydrogen-bond acceptors (Lipinski definition) is 14. The summed E-state index contributed by atoms with van der Waals surface area (Å²) < 4.78 is 28.0. The summed E-state index contributed by atoms with van der Waals surface area (Å²) in [6, 6.07) is 8.51. The van der Waals surface area contributed by atoms with Crippen LogP contribution in [-0.2, 0) is 14.2 Å². The Balaban J connectivity index is 1.30. The minimum Gasteiger partial charge on any atom is -0.508 e. The van der Waals surface area contributed by atoms with E-state index in [-0.39, 0.29) is 29.2 Å². The molecule has 14 heteroatoms. The largest absolute Gasteiger partial charge is 0.508 e. The van der Waals surface area contributed by atoms with Gasteiger partial charge in [-0.3, -0.25) is 4.79 Å². The van der Waals surface area contributed by atoms with E-state index in [0.717, 1.165) is 6.07 Å². The predicted molar refractivity (Wildman–Crippen MR) is 134 cm³/mol. The van der Waals surface area contributed by atoms with Gasteiger partial charge in [0.1, 0.15) is 77.4 Å². The van der Waals surface area contributed by atoms with E-state index in [2.05, 4.69) is 0 Å². The number of aliphatic hydroxyl groups excluding tert-OH is 6. The molecule has 11 atom stereocenters. The number of ketones is 1. The number of hydrogen-bond donors (Lipinski definition) is 8. The molecule has 3 aliphatic heterocycles. The minimum absolute atomic E-state index is 0.00149. The lowest BCUT2D eigenvalue weighted by atomic mass is 9.95. The van der Waals surface area contributed by atoms with Gasteiger partial charge in [0.15, 0.2) is 12.1 Å². The highest BCUT2D eigenvalue weighted by Crippen LogP contribution is 2.42. The second-order valence-corrected chi connectivity index (χ2v) is 10.3. The number of carbonyl (C=O) groups is 1. The van der Waals surface area contributed by atoms with Crippen LogP contribution in [0.25, 0.3) is 0 Å². The van der Waals surface area contributed by atoms with Crippen LogP contribution in [-0.4, -0.2) is 115 Å². The Labute approximate surface area is 233 Å².